The molecule has 5 rings (SSSR count). The molecule has 1 amide bonds. The monoisotopic (exact) mass is 544 g/mol. The molecule has 1 atom stereocenters. The summed E-state index contributed by atoms with van der Waals surface area (Å²) in [4.78, 5) is 31.7. The number of amides is 1. The van der Waals surface area contributed by atoms with Crippen LogP contribution >= 0.6 is 46.3 Å². The first-order valence-corrected chi connectivity index (χ1v) is 12.6. The SMILES string of the molecule is O=C(C1=C(O)C(=O)N(c2nnc(SCc3ccc(Cl)cc3Cl)s2)C1c1cccnc1)c1ccco1. The lowest BCUT2D eigenvalue weighted by Gasteiger charge is -2.23. The fraction of sp³-hybridized carbons (Fsp3) is 0.0870. The third kappa shape index (κ3) is 4.57. The zero-order chi connectivity index (χ0) is 24.5. The first-order chi connectivity index (χ1) is 16.9. The number of aromatic nitrogens is 3. The highest BCUT2D eigenvalue weighted by atomic mass is 35.5. The Morgan fingerprint density at radius 3 is 2.77 bits per heavy atom. The molecule has 4 heterocycles. The highest BCUT2D eigenvalue weighted by Crippen LogP contribution is 2.43. The molecule has 1 unspecified atom stereocenters. The normalized spacial score (nSPS) is 15.8. The summed E-state index contributed by atoms with van der Waals surface area (Å²) < 4.78 is 5.80. The quantitative estimate of drug-likeness (QED) is 0.174. The van der Waals surface area contributed by atoms with Crippen LogP contribution in [0.5, 0.6) is 0 Å². The number of nitrogens with zero attached hydrogens (tertiary/aromatic N) is 4. The number of furan rings is 1. The minimum absolute atomic E-state index is 0.00319. The van der Waals surface area contributed by atoms with Crippen LogP contribution in [-0.2, 0) is 10.5 Å². The van der Waals surface area contributed by atoms with Crippen LogP contribution in [0.4, 0.5) is 5.13 Å². The van der Waals surface area contributed by atoms with Crippen LogP contribution in [0, 0.1) is 0 Å². The van der Waals surface area contributed by atoms with Crippen LogP contribution in [0.3, 0.4) is 0 Å². The Labute approximate surface area is 217 Å². The van der Waals surface area contributed by atoms with Crippen molar-refractivity contribution in [3.63, 3.8) is 0 Å². The molecule has 0 fully saturated rings. The van der Waals surface area contributed by atoms with Crippen molar-refractivity contribution in [2.24, 2.45) is 0 Å². The molecule has 12 heteroatoms. The number of carbonyl (C=O) groups excluding carboxylic acids is 2. The maximum absolute atomic E-state index is 13.2. The lowest BCUT2D eigenvalue weighted by Crippen LogP contribution is -2.31. The Morgan fingerprint density at radius 1 is 1.20 bits per heavy atom. The average molecular weight is 545 g/mol. The minimum atomic E-state index is -0.953. The molecule has 4 aromatic rings. The number of Topliss-reactive ketones (excluding diaryl/α,β-unsaturated/α-hetero) is 1. The van der Waals surface area contributed by atoms with Crippen molar-refractivity contribution in [3.05, 3.63) is 99.4 Å². The first-order valence-electron chi connectivity index (χ1n) is 10.1. The summed E-state index contributed by atoms with van der Waals surface area (Å²) in [5.74, 6) is -1.52. The molecular weight excluding hydrogens is 531 g/mol. The molecule has 0 bridgehead atoms. The van der Waals surface area contributed by atoms with E-state index < -0.39 is 23.5 Å². The Bertz CT molecular complexity index is 1440. The van der Waals surface area contributed by atoms with Gasteiger partial charge in [-0.2, -0.15) is 0 Å². The van der Waals surface area contributed by atoms with E-state index in [1.165, 1.54) is 35.2 Å². The van der Waals surface area contributed by atoms with Crippen molar-refractivity contribution in [2.75, 3.05) is 4.90 Å². The highest BCUT2D eigenvalue weighted by Gasteiger charge is 2.46. The first kappa shape index (κ1) is 23.6. The number of pyridine rings is 1. The predicted molar refractivity (Wildman–Crippen MR) is 133 cm³/mol. The number of thioether (sulfide) groups is 1. The van der Waals surface area contributed by atoms with Gasteiger partial charge >= 0.3 is 0 Å². The van der Waals surface area contributed by atoms with Gasteiger partial charge in [0.05, 0.1) is 17.9 Å². The van der Waals surface area contributed by atoms with Crippen molar-refractivity contribution >= 4 is 63.1 Å². The molecule has 8 nitrogen and oxygen atoms in total. The molecule has 0 saturated heterocycles. The van der Waals surface area contributed by atoms with Crippen LogP contribution in [0.15, 0.2) is 81.2 Å². The van der Waals surface area contributed by atoms with E-state index >= 15 is 0 Å². The molecular formula is C23H14Cl2N4O4S2. The van der Waals surface area contributed by atoms with Crippen LogP contribution in [-0.4, -0.2) is 32.0 Å². The third-order valence-electron chi connectivity index (χ3n) is 5.17. The summed E-state index contributed by atoms with van der Waals surface area (Å²) >= 11 is 14.8. The van der Waals surface area contributed by atoms with Gasteiger partial charge in [-0.15, -0.1) is 10.2 Å². The average Bonchev–Trinajstić information content (AvgIpc) is 3.60. The third-order valence-corrected chi connectivity index (χ3v) is 7.86. The Hall–Kier alpha value is -3.18. The van der Waals surface area contributed by atoms with E-state index in [4.69, 9.17) is 27.6 Å². The fourth-order valence-corrected chi connectivity index (χ4v) is 5.99. The van der Waals surface area contributed by atoms with Crippen LogP contribution in [0.2, 0.25) is 10.0 Å². The van der Waals surface area contributed by atoms with Gasteiger partial charge in [0, 0.05) is 28.2 Å². The maximum atomic E-state index is 13.2. The van der Waals surface area contributed by atoms with Gasteiger partial charge in [-0.3, -0.25) is 19.5 Å². The zero-order valence-electron chi connectivity index (χ0n) is 17.6. The van der Waals surface area contributed by atoms with E-state index in [0.29, 0.717) is 25.7 Å². The maximum Gasteiger partial charge on any atom is 0.296 e. The molecule has 1 aliphatic rings. The standard InChI is InChI=1S/C23H14Cl2N4O4S2/c24-14-6-5-13(15(25)9-14)11-34-23-28-27-22(35-23)29-18(12-3-1-7-26-10-12)17(20(31)21(29)32)19(30)16-4-2-8-33-16/h1-10,18,31H,11H2. The summed E-state index contributed by atoms with van der Waals surface area (Å²) in [7, 11) is 0. The molecule has 0 radical (unpaired) electrons. The summed E-state index contributed by atoms with van der Waals surface area (Å²) in [5, 5.41) is 20.4. The van der Waals surface area contributed by atoms with E-state index in [0.717, 1.165) is 16.9 Å². The second kappa shape index (κ2) is 9.82. The molecule has 176 valence electrons. The molecule has 1 N–H and O–H groups in total. The van der Waals surface area contributed by atoms with Crippen LogP contribution < -0.4 is 4.90 Å². The molecule has 35 heavy (non-hydrogen) atoms. The van der Waals surface area contributed by atoms with Gasteiger partial charge < -0.3 is 9.52 Å². The zero-order valence-corrected chi connectivity index (χ0v) is 20.7. The summed E-state index contributed by atoms with van der Waals surface area (Å²) in [6.07, 6.45) is 4.45. The van der Waals surface area contributed by atoms with Gasteiger partial charge in [0.1, 0.15) is 0 Å². The Kier molecular flexibility index (Phi) is 6.61. The van der Waals surface area contributed by atoms with E-state index in [9.17, 15) is 14.7 Å². The number of ketones is 1. The van der Waals surface area contributed by atoms with Gasteiger partial charge in [0.25, 0.3) is 5.91 Å². The van der Waals surface area contributed by atoms with Gasteiger partial charge in [-0.05, 0) is 41.5 Å². The molecule has 3 aromatic heterocycles. The van der Waals surface area contributed by atoms with E-state index in [2.05, 4.69) is 15.2 Å². The molecule has 0 aliphatic carbocycles. The highest BCUT2D eigenvalue weighted by molar-refractivity contribution is 8.00. The number of rotatable bonds is 7. The second-order valence-electron chi connectivity index (χ2n) is 7.31. The minimum Gasteiger partial charge on any atom is -0.503 e. The van der Waals surface area contributed by atoms with Gasteiger partial charge in [0.2, 0.25) is 10.9 Å². The van der Waals surface area contributed by atoms with Gasteiger partial charge in [-0.1, -0.05) is 58.4 Å². The van der Waals surface area contributed by atoms with Crippen molar-refractivity contribution in [1.29, 1.82) is 0 Å². The number of hydrogen-bond donors (Lipinski definition) is 1. The van der Waals surface area contributed by atoms with E-state index in [-0.39, 0.29) is 16.5 Å². The van der Waals surface area contributed by atoms with Crippen molar-refractivity contribution < 1.29 is 19.1 Å². The predicted octanol–water partition coefficient (Wildman–Crippen LogP) is 5.91. The summed E-state index contributed by atoms with van der Waals surface area (Å²) in [6, 6.07) is 10.7. The Balaban J connectivity index is 1.46. The number of halogens is 2. The molecule has 0 spiro atoms. The number of aliphatic hydroxyl groups is 1. The molecule has 1 aliphatic heterocycles. The van der Waals surface area contributed by atoms with E-state index in [1.807, 2.05) is 6.07 Å². The molecule has 1 aromatic carbocycles. The number of carbonyl (C=O) groups is 2. The van der Waals surface area contributed by atoms with Gasteiger partial charge in [0.15, 0.2) is 15.9 Å². The van der Waals surface area contributed by atoms with Crippen LogP contribution in [0.1, 0.15) is 27.7 Å². The summed E-state index contributed by atoms with van der Waals surface area (Å²) in [6.45, 7) is 0. The molecule has 0 saturated carbocycles. The lowest BCUT2D eigenvalue weighted by atomic mass is 9.96. The number of benzene rings is 1. The van der Waals surface area contributed by atoms with E-state index in [1.54, 1.807) is 36.5 Å². The van der Waals surface area contributed by atoms with Crippen LogP contribution in [0.25, 0.3) is 0 Å². The second-order valence-corrected chi connectivity index (χ2v) is 10.3. The van der Waals surface area contributed by atoms with Crippen molar-refractivity contribution in [3.8, 4) is 0 Å². The van der Waals surface area contributed by atoms with Crippen molar-refractivity contribution in [2.45, 2.75) is 16.1 Å². The van der Waals surface area contributed by atoms with Crippen molar-refractivity contribution in [1.82, 2.24) is 15.2 Å². The van der Waals surface area contributed by atoms with Gasteiger partial charge in [-0.25, -0.2) is 0 Å². The lowest BCUT2D eigenvalue weighted by molar-refractivity contribution is -0.117. The number of aliphatic hydroxyl groups excluding tert-OH is 1. The Morgan fingerprint density at radius 2 is 2.06 bits per heavy atom. The summed E-state index contributed by atoms with van der Waals surface area (Å²) in [5.41, 5.74) is 1.28. The fourth-order valence-electron chi connectivity index (χ4n) is 3.56. The number of hydrogen-bond acceptors (Lipinski definition) is 9. The largest absolute Gasteiger partial charge is 0.503 e. The smallest absolute Gasteiger partial charge is 0.296 e. The topological polar surface area (TPSA) is 109 Å². The number of anilines is 1.